The van der Waals surface area contributed by atoms with Crippen LogP contribution in [-0.4, -0.2) is 39.5 Å². The van der Waals surface area contributed by atoms with Crippen molar-refractivity contribution in [3.63, 3.8) is 0 Å². The van der Waals surface area contributed by atoms with Crippen molar-refractivity contribution in [3.05, 3.63) is 83.2 Å². The van der Waals surface area contributed by atoms with Crippen LogP contribution >= 0.6 is 11.3 Å². The fourth-order valence-electron chi connectivity index (χ4n) is 4.86. The summed E-state index contributed by atoms with van der Waals surface area (Å²) in [4.78, 5) is 37.1. The lowest BCUT2D eigenvalue weighted by molar-refractivity contribution is -0.132. The normalized spacial score (nSPS) is 20.3. The van der Waals surface area contributed by atoms with E-state index in [0.29, 0.717) is 40.6 Å². The van der Waals surface area contributed by atoms with Gasteiger partial charge in [-0.1, -0.05) is 17.4 Å². The highest BCUT2D eigenvalue weighted by Gasteiger charge is 2.48. The number of nitrogens with zero attached hydrogens (tertiary/aromatic N) is 3. The van der Waals surface area contributed by atoms with Crippen molar-refractivity contribution in [2.75, 3.05) is 11.5 Å². The van der Waals surface area contributed by atoms with E-state index in [0.717, 1.165) is 16.0 Å². The Kier molecular flexibility index (Phi) is 5.64. The molecule has 2 aliphatic heterocycles. The second kappa shape index (κ2) is 9.01. The number of aliphatic hydroxyl groups is 1. The minimum absolute atomic E-state index is 0.000764. The molecule has 2 atom stereocenters. The van der Waals surface area contributed by atoms with Crippen LogP contribution in [0.3, 0.4) is 0 Å². The Bertz CT molecular complexity index is 1580. The van der Waals surface area contributed by atoms with Crippen LogP contribution in [0.4, 0.5) is 5.13 Å². The Morgan fingerprint density at radius 2 is 2.08 bits per heavy atom. The molecule has 0 bridgehead atoms. The predicted octanol–water partition coefficient (Wildman–Crippen LogP) is 5.04. The maximum Gasteiger partial charge on any atom is 0.301 e. The van der Waals surface area contributed by atoms with Gasteiger partial charge in [0.2, 0.25) is 0 Å². The lowest BCUT2D eigenvalue weighted by Gasteiger charge is -2.22. The molecule has 2 unspecified atom stereocenters. The molecule has 2 aromatic heterocycles. The molecule has 8 nitrogen and oxygen atoms in total. The van der Waals surface area contributed by atoms with Crippen molar-refractivity contribution in [3.8, 4) is 11.5 Å². The smallest absolute Gasteiger partial charge is 0.301 e. The van der Waals surface area contributed by atoms with E-state index in [1.54, 1.807) is 36.7 Å². The minimum atomic E-state index is -0.885. The number of carbonyl (C=O) groups excluding carboxylic acids is 2. The number of rotatable bonds is 5. The van der Waals surface area contributed by atoms with Crippen LogP contribution in [0.5, 0.6) is 11.5 Å². The van der Waals surface area contributed by atoms with Crippen LogP contribution in [0.2, 0.25) is 0 Å². The largest absolute Gasteiger partial charge is 0.507 e. The summed E-state index contributed by atoms with van der Waals surface area (Å²) >= 11 is 1.29. The Balaban J connectivity index is 1.50. The van der Waals surface area contributed by atoms with Gasteiger partial charge in [-0.2, -0.15) is 0 Å². The van der Waals surface area contributed by atoms with Gasteiger partial charge in [-0.3, -0.25) is 19.5 Å². The van der Waals surface area contributed by atoms with Gasteiger partial charge < -0.3 is 14.6 Å². The zero-order valence-electron chi connectivity index (χ0n) is 20.2. The highest BCUT2D eigenvalue weighted by molar-refractivity contribution is 7.22. The van der Waals surface area contributed by atoms with Crippen molar-refractivity contribution in [1.82, 2.24) is 9.97 Å². The first-order valence-electron chi connectivity index (χ1n) is 12.0. The molecule has 0 saturated carbocycles. The average Bonchev–Trinajstić information content (AvgIpc) is 3.56. The first kappa shape index (κ1) is 23.2. The van der Waals surface area contributed by atoms with E-state index in [1.165, 1.54) is 16.2 Å². The molecular formula is C28H23N3O5S. The number of ether oxygens (including phenoxy) is 2. The number of benzene rings is 2. The maximum absolute atomic E-state index is 13.4. The second-order valence-electron chi connectivity index (χ2n) is 8.97. The summed E-state index contributed by atoms with van der Waals surface area (Å²) in [5.41, 5.74) is 2.67. The number of pyridine rings is 1. The number of fused-ring (bicyclic) bond motifs is 2. The lowest BCUT2D eigenvalue weighted by Crippen LogP contribution is -2.29. The standard InChI is InChI=1S/C28H23N3O5S/c1-3-35-19-7-8-20-22(13-19)37-28(30-20)31-24(17-5-4-10-29-14-17)23(26(33)27(31)34)25(32)16-6-9-21-18(12-16)11-15(2)36-21/h4-10,12-15,24,32H,3,11H2,1-2H3/b25-23+. The number of carbonyl (C=O) groups is 2. The molecule has 4 heterocycles. The molecule has 1 amide bonds. The Hall–Kier alpha value is -4.24. The molecule has 1 saturated heterocycles. The van der Waals surface area contributed by atoms with E-state index >= 15 is 0 Å². The van der Waals surface area contributed by atoms with Gasteiger partial charge in [0.1, 0.15) is 23.4 Å². The van der Waals surface area contributed by atoms with Crippen LogP contribution in [-0.2, 0) is 16.0 Å². The van der Waals surface area contributed by atoms with Gasteiger partial charge in [0.15, 0.2) is 5.13 Å². The molecule has 0 aliphatic carbocycles. The van der Waals surface area contributed by atoms with E-state index < -0.39 is 17.7 Å². The number of hydrogen-bond acceptors (Lipinski definition) is 8. The predicted molar refractivity (Wildman–Crippen MR) is 140 cm³/mol. The summed E-state index contributed by atoms with van der Waals surface area (Å²) in [7, 11) is 0. The summed E-state index contributed by atoms with van der Waals surface area (Å²) in [6, 6.07) is 13.4. The summed E-state index contributed by atoms with van der Waals surface area (Å²) < 4.78 is 12.2. The number of Topliss-reactive ketones (excluding diaryl/α,β-unsaturated/α-hetero) is 1. The first-order valence-corrected chi connectivity index (χ1v) is 12.8. The van der Waals surface area contributed by atoms with E-state index in [9.17, 15) is 14.7 Å². The van der Waals surface area contributed by atoms with Crippen LogP contribution in [0.25, 0.3) is 16.0 Å². The molecule has 2 aliphatic rings. The van der Waals surface area contributed by atoms with Gasteiger partial charge in [-0.05, 0) is 67.4 Å². The topological polar surface area (TPSA) is 102 Å². The number of ketones is 1. The lowest BCUT2D eigenvalue weighted by atomic mass is 9.95. The van der Waals surface area contributed by atoms with Crippen molar-refractivity contribution in [2.24, 2.45) is 0 Å². The molecule has 0 radical (unpaired) electrons. The minimum Gasteiger partial charge on any atom is -0.507 e. The quantitative estimate of drug-likeness (QED) is 0.227. The van der Waals surface area contributed by atoms with Crippen LogP contribution in [0.15, 0.2) is 66.5 Å². The van der Waals surface area contributed by atoms with Crippen molar-refractivity contribution in [2.45, 2.75) is 32.4 Å². The zero-order valence-corrected chi connectivity index (χ0v) is 21.0. The Morgan fingerprint density at radius 1 is 1.22 bits per heavy atom. The van der Waals surface area contributed by atoms with E-state index in [4.69, 9.17) is 9.47 Å². The van der Waals surface area contributed by atoms with Crippen LogP contribution in [0, 0.1) is 0 Å². The van der Waals surface area contributed by atoms with Gasteiger partial charge in [-0.15, -0.1) is 0 Å². The second-order valence-corrected chi connectivity index (χ2v) is 9.98. The Labute approximate surface area is 216 Å². The third-order valence-corrected chi connectivity index (χ3v) is 7.50. The number of hydrogen-bond donors (Lipinski definition) is 1. The molecule has 9 heteroatoms. The SMILES string of the molecule is CCOc1ccc2nc(N3C(=O)C(=O)/C(=C(/O)c4ccc5c(c4)CC(C)O5)C3c3cccnc3)sc2c1. The summed E-state index contributed by atoms with van der Waals surface area (Å²) in [5.74, 6) is -0.305. The van der Waals surface area contributed by atoms with E-state index in [-0.39, 0.29) is 17.4 Å². The van der Waals surface area contributed by atoms with Crippen molar-refractivity contribution < 1.29 is 24.2 Å². The van der Waals surface area contributed by atoms with Crippen molar-refractivity contribution in [1.29, 1.82) is 0 Å². The highest BCUT2D eigenvalue weighted by Crippen LogP contribution is 2.45. The van der Waals surface area contributed by atoms with Crippen molar-refractivity contribution >= 4 is 44.1 Å². The zero-order chi connectivity index (χ0) is 25.7. The van der Waals surface area contributed by atoms with Gasteiger partial charge >= 0.3 is 5.91 Å². The van der Waals surface area contributed by atoms with E-state index in [2.05, 4.69) is 9.97 Å². The molecule has 6 rings (SSSR count). The number of aromatic nitrogens is 2. The third-order valence-electron chi connectivity index (χ3n) is 6.48. The summed E-state index contributed by atoms with van der Waals surface area (Å²) in [5, 5.41) is 11.8. The molecule has 0 spiro atoms. The first-order chi connectivity index (χ1) is 17.9. The van der Waals surface area contributed by atoms with Gasteiger partial charge in [0.05, 0.1) is 28.4 Å². The monoisotopic (exact) mass is 513 g/mol. The number of anilines is 1. The summed E-state index contributed by atoms with van der Waals surface area (Å²) in [6.45, 7) is 4.41. The maximum atomic E-state index is 13.4. The van der Waals surface area contributed by atoms with Gasteiger partial charge in [-0.25, -0.2) is 4.98 Å². The highest BCUT2D eigenvalue weighted by atomic mass is 32.1. The summed E-state index contributed by atoms with van der Waals surface area (Å²) in [6.07, 6.45) is 3.95. The fraction of sp³-hybridized carbons (Fsp3) is 0.214. The average molecular weight is 514 g/mol. The van der Waals surface area contributed by atoms with Gasteiger partial charge in [0, 0.05) is 24.4 Å². The molecule has 37 heavy (non-hydrogen) atoms. The van der Waals surface area contributed by atoms with Crippen LogP contribution in [0.1, 0.15) is 36.6 Å². The Morgan fingerprint density at radius 3 is 2.86 bits per heavy atom. The van der Waals surface area contributed by atoms with Crippen LogP contribution < -0.4 is 14.4 Å². The van der Waals surface area contributed by atoms with Gasteiger partial charge in [0.25, 0.3) is 5.78 Å². The molecular weight excluding hydrogens is 490 g/mol. The molecule has 4 aromatic rings. The number of aliphatic hydroxyl groups excluding tert-OH is 1. The third kappa shape index (κ3) is 3.92. The molecule has 2 aromatic carbocycles. The number of thiazole rings is 1. The molecule has 1 N–H and O–H groups in total. The number of amides is 1. The molecule has 1 fully saturated rings. The van der Waals surface area contributed by atoms with E-state index in [1.807, 2.05) is 38.1 Å². The fourth-order valence-corrected chi connectivity index (χ4v) is 5.88. The molecule has 186 valence electrons.